The average molecular weight is 271 g/mol. The van der Waals surface area contributed by atoms with Crippen LogP contribution in [0.3, 0.4) is 0 Å². The quantitative estimate of drug-likeness (QED) is 0.424. The summed E-state index contributed by atoms with van der Waals surface area (Å²) in [7, 11) is 0. The van der Waals surface area contributed by atoms with Gasteiger partial charge in [-0.25, -0.2) is 0 Å². The molecule has 0 nitrogen and oxygen atoms in total. The minimum absolute atomic E-state index is 0.726. The van der Waals surface area contributed by atoms with Gasteiger partial charge < -0.3 is 0 Å². The van der Waals surface area contributed by atoms with Crippen LogP contribution in [0, 0.1) is 11.8 Å². The van der Waals surface area contributed by atoms with Crippen LogP contribution in [0.25, 0.3) is 0 Å². The van der Waals surface area contributed by atoms with Crippen LogP contribution < -0.4 is 0 Å². The Morgan fingerprint density at radius 2 is 0.842 bits per heavy atom. The zero-order chi connectivity index (χ0) is 16.4. The summed E-state index contributed by atoms with van der Waals surface area (Å²) in [6, 6.07) is 0. The maximum absolute atomic E-state index is 2.36. The molecule has 0 heterocycles. The molecule has 2 unspecified atom stereocenters. The van der Waals surface area contributed by atoms with Crippen molar-refractivity contribution in [2.45, 2.75) is 89.5 Å². The van der Waals surface area contributed by atoms with Crippen molar-refractivity contribution in [3.05, 3.63) is 23.3 Å². The van der Waals surface area contributed by atoms with Crippen molar-refractivity contribution in [3.63, 3.8) is 0 Å². The Bertz CT molecular complexity index is 174. The lowest BCUT2D eigenvalue weighted by atomic mass is 9.85. The number of hydrogen-bond acceptors (Lipinski definition) is 0. The zero-order valence-electron chi connectivity index (χ0n) is 16.0. The Morgan fingerprint density at radius 1 is 0.684 bits per heavy atom. The van der Waals surface area contributed by atoms with Gasteiger partial charge in [0, 0.05) is 0 Å². The SMILES string of the molecule is CC.CC.CC.CC1=CC(C)C(C)C=C1C.CCC. The molecule has 1 aliphatic carbocycles. The fraction of sp³-hybridized carbons (Fsp3) is 0.789. The summed E-state index contributed by atoms with van der Waals surface area (Å²) < 4.78 is 0. The highest BCUT2D eigenvalue weighted by molar-refractivity contribution is 5.31. The summed E-state index contributed by atoms with van der Waals surface area (Å²) in [5.41, 5.74) is 2.90. The molecule has 0 heteroatoms. The second-order valence-corrected chi connectivity index (χ2v) is 4.12. The topological polar surface area (TPSA) is 0 Å². The first-order valence-corrected chi connectivity index (χ1v) is 8.40. The second kappa shape index (κ2) is 22.6. The Hall–Kier alpha value is -0.520. The van der Waals surface area contributed by atoms with Gasteiger partial charge in [-0.05, 0) is 25.7 Å². The molecular weight excluding hydrogens is 228 g/mol. The summed E-state index contributed by atoms with van der Waals surface area (Å²) in [6.45, 7) is 25.2. The second-order valence-electron chi connectivity index (χ2n) is 4.12. The van der Waals surface area contributed by atoms with E-state index < -0.39 is 0 Å². The van der Waals surface area contributed by atoms with Gasteiger partial charge in [-0.15, -0.1) is 0 Å². The molecule has 1 aliphatic rings. The van der Waals surface area contributed by atoms with Gasteiger partial charge in [-0.3, -0.25) is 0 Å². The molecule has 0 aromatic heterocycles. The van der Waals surface area contributed by atoms with Gasteiger partial charge in [0.2, 0.25) is 0 Å². The van der Waals surface area contributed by atoms with Gasteiger partial charge in [0.1, 0.15) is 0 Å². The summed E-state index contributed by atoms with van der Waals surface area (Å²) >= 11 is 0. The predicted octanol–water partition coefficient (Wildman–Crippen LogP) is 7.66. The average Bonchev–Trinajstić information content (AvgIpc) is 2.44. The van der Waals surface area contributed by atoms with Crippen molar-refractivity contribution in [2.24, 2.45) is 11.8 Å². The van der Waals surface area contributed by atoms with Gasteiger partial charge >= 0.3 is 0 Å². The van der Waals surface area contributed by atoms with Crippen molar-refractivity contribution in [1.82, 2.24) is 0 Å². The maximum Gasteiger partial charge on any atom is -0.0196 e. The normalized spacial score (nSPS) is 19.4. The molecule has 0 radical (unpaired) electrons. The molecule has 118 valence electrons. The minimum atomic E-state index is 0.726. The number of rotatable bonds is 0. The monoisotopic (exact) mass is 270 g/mol. The molecule has 0 N–H and O–H groups in total. The van der Waals surface area contributed by atoms with Crippen LogP contribution in [0.2, 0.25) is 0 Å². The molecule has 0 aliphatic heterocycles. The first kappa shape index (κ1) is 26.9. The van der Waals surface area contributed by atoms with Crippen LogP contribution in [0.5, 0.6) is 0 Å². The van der Waals surface area contributed by atoms with Crippen LogP contribution in [-0.4, -0.2) is 0 Å². The zero-order valence-corrected chi connectivity index (χ0v) is 16.0. The predicted molar refractivity (Wildman–Crippen MR) is 95.9 cm³/mol. The largest absolute Gasteiger partial charge is 0.0779 e. The third-order valence-corrected chi connectivity index (χ3v) is 2.48. The summed E-state index contributed by atoms with van der Waals surface area (Å²) in [5.74, 6) is 1.45. The van der Waals surface area contributed by atoms with Crippen molar-refractivity contribution in [1.29, 1.82) is 0 Å². The molecule has 19 heavy (non-hydrogen) atoms. The smallest absolute Gasteiger partial charge is 0.0196 e. The lowest BCUT2D eigenvalue weighted by molar-refractivity contribution is 0.544. The molecule has 0 fully saturated rings. The van der Waals surface area contributed by atoms with E-state index in [9.17, 15) is 0 Å². The van der Waals surface area contributed by atoms with Crippen LogP contribution in [0.4, 0.5) is 0 Å². The first-order chi connectivity index (χ1) is 9.02. The Kier molecular flexibility index (Phi) is 32.1. The summed E-state index contributed by atoms with van der Waals surface area (Å²) in [5, 5.41) is 0. The van der Waals surface area contributed by atoms with Gasteiger partial charge in [0.05, 0.1) is 0 Å². The molecule has 2 atom stereocenters. The maximum atomic E-state index is 2.36. The number of allylic oxidation sites excluding steroid dienone is 4. The van der Waals surface area contributed by atoms with E-state index >= 15 is 0 Å². The van der Waals surface area contributed by atoms with E-state index in [-0.39, 0.29) is 0 Å². The van der Waals surface area contributed by atoms with E-state index in [1.54, 1.807) is 0 Å². The molecule has 0 amide bonds. The van der Waals surface area contributed by atoms with E-state index in [0.29, 0.717) is 0 Å². The van der Waals surface area contributed by atoms with Crippen LogP contribution in [-0.2, 0) is 0 Å². The third kappa shape index (κ3) is 17.5. The van der Waals surface area contributed by atoms with E-state index in [2.05, 4.69) is 53.7 Å². The highest BCUT2D eigenvalue weighted by Gasteiger charge is 2.12. The fourth-order valence-corrected chi connectivity index (χ4v) is 1.36. The minimum Gasteiger partial charge on any atom is -0.0779 e. The van der Waals surface area contributed by atoms with E-state index in [0.717, 1.165) is 11.8 Å². The van der Waals surface area contributed by atoms with Crippen LogP contribution in [0.1, 0.15) is 89.5 Å². The molecule has 0 aromatic rings. The highest BCUT2D eigenvalue weighted by atomic mass is 14.2. The molecule has 1 rings (SSSR count). The summed E-state index contributed by atoms with van der Waals surface area (Å²) in [6.07, 6.45) is 5.97. The molecular formula is C19H42. The van der Waals surface area contributed by atoms with Gasteiger partial charge in [-0.2, -0.15) is 0 Å². The van der Waals surface area contributed by atoms with Crippen molar-refractivity contribution in [2.75, 3.05) is 0 Å². The van der Waals surface area contributed by atoms with Crippen molar-refractivity contribution in [3.8, 4) is 0 Å². The Balaban J connectivity index is -0.000000106. The van der Waals surface area contributed by atoms with Crippen LogP contribution in [0.15, 0.2) is 23.3 Å². The Morgan fingerprint density at radius 3 is 1.00 bits per heavy atom. The Labute approximate surface area is 125 Å². The number of hydrogen-bond donors (Lipinski definition) is 0. The third-order valence-electron chi connectivity index (χ3n) is 2.48. The standard InChI is InChI=1S/C10H16.C3H8.3C2H6/c1-7-5-9(3)10(4)6-8(7)2;1-3-2;3*1-2/h5-8H,1-4H3;3H2,1-2H3;3*1-2H3. The molecule has 0 saturated heterocycles. The van der Waals surface area contributed by atoms with E-state index in [4.69, 9.17) is 0 Å². The lowest BCUT2D eigenvalue weighted by Gasteiger charge is -2.20. The lowest BCUT2D eigenvalue weighted by Crippen LogP contribution is -2.08. The van der Waals surface area contributed by atoms with E-state index in [1.165, 1.54) is 17.6 Å². The molecule has 0 spiro atoms. The molecule has 0 aromatic carbocycles. The van der Waals surface area contributed by atoms with Crippen molar-refractivity contribution >= 4 is 0 Å². The molecule has 0 bridgehead atoms. The van der Waals surface area contributed by atoms with Gasteiger partial charge in [0.15, 0.2) is 0 Å². The van der Waals surface area contributed by atoms with Gasteiger partial charge in [0.25, 0.3) is 0 Å². The van der Waals surface area contributed by atoms with Crippen LogP contribution >= 0.6 is 0 Å². The highest BCUT2D eigenvalue weighted by Crippen LogP contribution is 2.26. The van der Waals surface area contributed by atoms with Gasteiger partial charge in [-0.1, -0.05) is 99.0 Å². The van der Waals surface area contributed by atoms with Crippen molar-refractivity contribution < 1.29 is 0 Å². The summed E-state index contributed by atoms with van der Waals surface area (Å²) in [4.78, 5) is 0. The van der Waals surface area contributed by atoms with E-state index in [1.807, 2.05) is 41.5 Å². The fourth-order valence-electron chi connectivity index (χ4n) is 1.36. The molecule has 0 saturated carbocycles. The first-order valence-electron chi connectivity index (χ1n) is 8.40.